The summed E-state index contributed by atoms with van der Waals surface area (Å²) in [6.45, 7) is 0. The minimum atomic E-state index is -2.86. The van der Waals surface area contributed by atoms with Gasteiger partial charge in [-0.3, -0.25) is 4.79 Å². The van der Waals surface area contributed by atoms with Crippen LogP contribution in [-0.4, -0.2) is 21.3 Å². The molecule has 0 aliphatic rings. The van der Waals surface area contributed by atoms with Crippen LogP contribution in [-0.2, 0) is 11.2 Å². The lowest BCUT2D eigenvalue weighted by Crippen LogP contribution is -1.99. The van der Waals surface area contributed by atoms with Crippen molar-refractivity contribution in [1.82, 2.24) is 10.2 Å². The lowest BCUT2D eigenvalue weighted by atomic mass is 10.4. The van der Waals surface area contributed by atoms with Crippen LogP contribution in [0.1, 0.15) is 18.2 Å². The molecule has 5 nitrogen and oxygen atoms in total. The van der Waals surface area contributed by atoms with Crippen LogP contribution in [0.25, 0.3) is 0 Å². The van der Waals surface area contributed by atoms with Crippen molar-refractivity contribution in [3.05, 3.63) is 11.8 Å². The standard InChI is InChI=1S/C5H4F2N2O3/c6-4(7)5-9-8-2(12-5)1-3(10)11/h4H,1H2,(H,10,11). The van der Waals surface area contributed by atoms with Crippen molar-refractivity contribution in [2.24, 2.45) is 0 Å². The molecule has 0 bridgehead atoms. The van der Waals surface area contributed by atoms with E-state index in [9.17, 15) is 13.6 Å². The smallest absolute Gasteiger partial charge is 0.314 e. The van der Waals surface area contributed by atoms with E-state index in [1.54, 1.807) is 0 Å². The molecular formula is C5H4F2N2O3. The Labute approximate surface area is 65.0 Å². The average Bonchev–Trinajstić information content (AvgIpc) is 2.34. The minimum Gasteiger partial charge on any atom is -0.481 e. The Morgan fingerprint density at radius 3 is 2.67 bits per heavy atom. The minimum absolute atomic E-state index is 0.321. The molecule has 0 radical (unpaired) electrons. The van der Waals surface area contributed by atoms with Crippen molar-refractivity contribution in [3.8, 4) is 0 Å². The number of hydrogen-bond acceptors (Lipinski definition) is 4. The van der Waals surface area contributed by atoms with Crippen LogP contribution in [0.15, 0.2) is 4.42 Å². The van der Waals surface area contributed by atoms with Crippen LogP contribution in [0, 0.1) is 0 Å². The van der Waals surface area contributed by atoms with Gasteiger partial charge in [0.2, 0.25) is 5.89 Å². The first-order chi connectivity index (χ1) is 5.59. The molecule has 0 aliphatic carbocycles. The molecule has 7 heteroatoms. The molecule has 0 atom stereocenters. The maximum atomic E-state index is 11.8. The predicted octanol–water partition coefficient (Wildman–Crippen LogP) is 0.634. The Balaban J connectivity index is 2.70. The first-order valence-corrected chi connectivity index (χ1v) is 2.92. The van der Waals surface area contributed by atoms with E-state index < -0.39 is 24.7 Å². The van der Waals surface area contributed by atoms with Gasteiger partial charge < -0.3 is 9.52 Å². The van der Waals surface area contributed by atoms with Crippen LogP contribution < -0.4 is 0 Å². The van der Waals surface area contributed by atoms with E-state index in [-0.39, 0.29) is 5.89 Å². The lowest BCUT2D eigenvalue weighted by Gasteiger charge is -1.87. The summed E-state index contributed by atoms with van der Waals surface area (Å²) in [4.78, 5) is 10.0. The second-order valence-corrected chi connectivity index (χ2v) is 1.91. The summed E-state index contributed by atoms with van der Waals surface area (Å²) in [5, 5.41) is 14.2. The Morgan fingerprint density at radius 2 is 2.25 bits per heavy atom. The quantitative estimate of drug-likeness (QED) is 0.734. The Morgan fingerprint density at radius 1 is 1.58 bits per heavy atom. The highest BCUT2D eigenvalue weighted by atomic mass is 19.3. The number of rotatable bonds is 3. The van der Waals surface area contributed by atoms with Crippen LogP contribution in [0.4, 0.5) is 8.78 Å². The fourth-order valence-corrected chi connectivity index (χ4v) is 0.556. The molecule has 0 aromatic carbocycles. The summed E-state index contributed by atoms with van der Waals surface area (Å²) in [6.07, 6.45) is -3.40. The van der Waals surface area contributed by atoms with E-state index in [0.717, 1.165) is 0 Å². The van der Waals surface area contributed by atoms with E-state index in [4.69, 9.17) is 5.11 Å². The molecular weight excluding hydrogens is 174 g/mol. The zero-order chi connectivity index (χ0) is 9.14. The van der Waals surface area contributed by atoms with Crippen LogP contribution in [0.3, 0.4) is 0 Å². The second kappa shape index (κ2) is 3.24. The first kappa shape index (κ1) is 8.57. The molecule has 1 heterocycles. The molecule has 1 aromatic heterocycles. The number of aliphatic carboxylic acids is 1. The molecule has 0 spiro atoms. The van der Waals surface area contributed by atoms with E-state index in [1.165, 1.54) is 0 Å². The van der Waals surface area contributed by atoms with Crippen molar-refractivity contribution in [1.29, 1.82) is 0 Å². The van der Waals surface area contributed by atoms with Crippen LogP contribution >= 0.6 is 0 Å². The summed E-state index contributed by atoms with van der Waals surface area (Å²) in [5.41, 5.74) is 0. The van der Waals surface area contributed by atoms with Gasteiger partial charge in [-0.05, 0) is 0 Å². The summed E-state index contributed by atoms with van der Waals surface area (Å²) in [6, 6.07) is 0. The monoisotopic (exact) mass is 178 g/mol. The number of carboxylic acid groups (broad SMARTS) is 1. The van der Waals surface area contributed by atoms with Crippen molar-refractivity contribution in [2.45, 2.75) is 12.8 Å². The van der Waals surface area contributed by atoms with Gasteiger partial charge in [0.15, 0.2) is 0 Å². The summed E-state index contributed by atoms with van der Waals surface area (Å²) in [7, 11) is 0. The number of carboxylic acids is 1. The van der Waals surface area contributed by atoms with Gasteiger partial charge in [0, 0.05) is 0 Å². The average molecular weight is 178 g/mol. The Hall–Kier alpha value is -1.53. The highest BCUT2D eigenvalue weighted by molar-refractivity contribution is 5.68. The van der Waals surface area contributed by atoms with Crippen LogP contribution in [0.5, 0.6) is 0 Å². The van der Waals surface area contributed by atoms with Gasteiger partial charge in [-0.15, -0.1) is 10.2 Å². The van der Waals surface area contributed by atoms with Crippen molar-refractivity contribution in [3.63, 3.8) is 0 Å². The molecule has 0 amide bonds. The number of nitrogens with zero attached hydrogens (tertiary/aromatic N) is 2. The highest BCUT2D eigenvalue weighted by Gasteiger charge is 2.16. The predicted molar refractivity (Wildman–Crippen MR) is 30.6 cm³/mol. The van der Waals surface area contributed by atoms with Gasteiger partial charge in [0.25, 0.3) is 5.89 Å². The van der Waals surface area contributed by atoms with Gasteiger partial charge in [-0.25, -0.2) is 0 Å². The summed E-state index contributed by atoms with van der Waals surface area (Å²) < 4.78 is 27.9. The molecule has 1 aromatic rings. The first-order valence-electron chi connectivity index (χ1n) is 2.92. The number of halogens is 2. The number of alkyl halides is 2. The molecule has 1 N–H and O–H groups in total. The van der Waals surface area contributed by atoms with Crippen molar-refractivity contribution < 1.29 is 23.1 Å². The van der Waals surface area contributed by atoms with Gasteiger partial charge >= 0.3 is 12.4 Å². The fraction of sp³-hybridized carbons (Fsp3) is 0.400. The molecule has 0 saturated carbocycles. The molecule has 1 rings (SSSR count). The van der Waals surface area contributed by atoms with E-state index in [2.05, 4.69) is 14.6 Å². The second-order valence-electron chi connectivity index (χ2n) is 1.91. The zero-order valence-electron chi connectivity index (χ0n) is 5.70. The van der Waals surface area contributed by atoms with E-state index in [1.807, 2.05) is 0 Å². The third-order valence-electron chi connectivity index (χ3n) is 0.972. The molecule has 0 fully saturated rings. The number of aromatic nitrogens is 2. The van der Waals surface area contributed by atoms with Crippen molar-refractivity contribution >= 4 is 5.97 Å². The summed E-state index contributed by atoms with van der Waals surface area (Å²) in [5.74, 6) is -2.39. The molecule has 12 heavy (non-hydrogen) atoms. The van der Waals surface area contributed by atoms with Gasteiger partial charge in [-0.1, -0.05) is 0 Å². The largest absolute Gasteiger partial charge is 0.481 e. The van der Waals surface area contributed by atoms with E-state index >= 15 is 0 Å². The Bertz CT molecular complexity index is 286. The normalized spacial score (nSPS) is 10.6. The van der Waals surface area contributed by atoms with Gasteiger partial charge in [0.05, 0.1) is 0 Å². The fourth-order valence-electron chi connectivity index (χ4n) is 0.556. The van der Waals surface area contributed by atoms with Gasteiger partial charge in [-0.2, -0.15) is 8.78 Å². The van der Waals surface area contributed by atoms with Crippen molar-refractivity contribution in [2.75, 3.05) is 0 Å². The maximum Gasteiger partial charge on any atom is 0.314 e. The third-order valence-corrected chi connectivity index (χ3v) is 0.972. The van der Waals surface area contributed by atoms with E-state index in [0.29, 0.717) is 0 Å². The van der Waals surface area contributed by atoms with Crippen LogP contribution in [0.2, 0.25) is 0 Å². The molecule has 66 valence electrons. The summed E-state index contributed by atoms with van der Waals surface area (Å²) >= 11 is 0. The lowest BCUT2D eigenvalue weighted by molar-refractivity contribution is -0.136. The molecule has 0 aliphatic heterocycles. The van der Waals surface area contributed by atoms with Gasteiger partial charge in [0.1, 0.15) is 6.42 Å². The Kier molecular flexibility index (Phi) is 2.32. The highest BCUT2D eigenvalue weighted by Crippen LogP contribution is 2.16. The zero-order valence-corrected chi connectivity index (χ0v) is 5.70. The number of hydrogen-bond donors (Lipinski definition) is 1. The maximum absolute atomic E-state index is 11.8. The SMILES string of the molecule is O=C(O)Cc1nnc(C(F)F)o1. The molecule has 0 unspecified atom stereocenters. The third kappa shape index (κ3) is 1.97. The number of carbonyl (C=O) groups is 1. The topological polar surface area (TPSA) is 76.2 Å². The molecule has 0 saturated heterocycles.